The number of carbonyl (C=O) groups is 2. The lowest BCUT2D eigenvalue weighted by Crippen LogP contribution is -2.42. The van der Waals surface area contributed by atoms with Gasteiger partial charge in [0.25, 0.3) is 5.91 Å². The molecule has 0 radical (unpaired) electrons. The summed E-state index contributed by atoms with van der Waals surface area (Å²) in [4.78, 5) is 31.4. The molecule has 1 aliphatic heterocycles. The molecule has 1 amide bonds. The maximum absolute atomic E-state index is 12.7. The Morgan fingerprint density at radius 1 is 1.33 bits per heavy atom. The molecule has 1 aromatic carbocycles. The van der Waals surface area contributed by atoms with Gasteiger partial charge in [-0.3, -0.25) is 9.59 Å². The van der Waals surface area contributed by atoms with Crippen LogP contribution in [0.2, 0.25) is 5.02 Å². The summed E-state index contributed by atoms with van der Waals surface area (Å²) in [6.45, 7) is 1.13. The van der Waals surface area contributed by atoms with Gasteiger partial charge < -0.3 is 4.90 Å². The molecule has 4 nitrogen and oxygen atoms in total. The third-order valence-corrected chi connectivity index (χ3v) is 6.20. The van der Waals surface area contributed by atoms with E-state index >= 15 is 0 Å². The molecular formula is C17H17ClN2O2S2. The van der Waals surface area contributed by atoms with Crippen molar-refractivity contribution < 1.29 is 9.59 Å². The first-order valence-corrected chi connectivity index (χ1v) is 10.2. The van der Waals surface area contributed by atoms with Crippen molar-refractivity contribution in [2.24, 2.45) is 5.92 Å². The molecule has 1 atom stereocenters. The molecule has 0 N–H and O–H groups in total. The van der Waals surface area contributed by atoms with E-state index in [2.05, 4.69) is 4.98 Å². The molecule has 24 heavy (non-hydrogen) atoms. The molecule has 1 saturated heterocycles. The third-order valence-electron chi connectivity index (χ3n) is 4.08. The van der Waals surface area contributed by atoms with E-state index in [1.54, 1.807) is 34.5 Å². The van der Waals surface area contributed by atoms with E-state index in [0.29, 0.717) is 29.4 Å². The number of thiazole rings is 1. The second-order valence-electron chi connectivity index (χ2n) is 5.66. The van der Waals surface area contributed by atoms with E-state index in [4.69, 9.17) is 11.6 Å². The highest BCUT2D eigenvalue weighted by Crippen LogP contribution is 2.25. The first-order valence-electron chi connectivity index (χ1n) is 7.67. The molecule has 126 valence electrons. The maximum atomic E-state index is 12.7. The Hall–Kier alpha value is -1.37. The first-order chi connectivity index (χ1) is 11.6. The monoisotopic (exact) mass is 380 g/mol. The number of amides is 1. The van der Waals surface area contributed by atoms with Crippen molar-refractivity contribution in [2.45, 2.75) is 17.2 Å². The number of thioether (sulfide) groups is 1. The Balaban J connectivity index is 1.70. The van der Waals surface area contributed by atoms with Crippen molar-refractivity contribution in [3.05, 3.63) is 45.9 Å². The molecule has 7 heteroatoms. The van der Waals surface area contributed by atoms with E-state index in [0.717, 1.165) is 17.2 Å². The van der Waals surface area contributed by atoms with Crippen molar-refractivity contribution >= 4 is 46.4 Å². The van der Waals surface area contributed by atoms with Gasteiger partial charge in [0.1, 0.15) is 10.0 Å². The fourth-order valence-corrected chi connectivity index (χ4v) is 4.20. The van der Waals surface area contributed by atoms with Gasteiger partial charge in [0.2, 0.25) is 0 Å². The Morgan fingerprint density at radius 2 is 2.08 bits per heavy atom. The summed E-state index contributed by atoms with van der Waals surface area (Å²) in [5, 5.41) is 2.40. The topological polar surface area (TPSA) is 50.3 Å². The van der Waals surface area contributed by atoms with Crippen LogP contribution in [0, 0.1) is 5.92 Å². The summed E-state index contributed by atoms with van der Waals surface area (Å²) in [5.74, 6) is -0.171. The fraction of sp³-hybridized carbons (Fsp3) is 0.353. The molecule has 0 bridgehead atoms. The van der Waals surface area contributed by atoms with Crippen LogP contribution in [0.25, 0.3) is 0 Å². The maximum Gasteiger partial charge on any atom is 0.273 e. The highest BCUT2D eigenvalue weighted by molar-refractivity contribution is 8.00. The van der Waals surface area contributed by atoms with Crippen molar-refractivity contribution in [3.8, 4) is 0 Å². The number of Topliss-reactive ketones (excluding diaryl/α,β-unsaturated/α-hetero) is 1. The highest BCUT2D eigenvalue weighted by atomic mass is 35.5. The summed E-state index contributed by atoms with van der Waals surface area (Å²) in [6, 6.07) is 6.94. The Kier molecular flexibility index (Phi) is 5.58. The van der Waals surface area contributed by atoms with Crippen LogP contribution in [0.1, 0.15) is 33.7 Å². The van der Waals surface area contributed by atoms with Crippen molar-refractivity contribution in [1.29, 1.82) is 0 Å². The molecular weight excluding hydrogens is 364 g/mol. The number of aromatic nitrogens is 1. The zero-order valence-electron chi connectivity index (χ0n) is 13.2. The summed E-state index contributed by atoms with van der Waals surface area (Å²) in [6.07, 6.45) is 3.57. The van der Waals surface area contributed by atoms with Crippen molar-refractivity contribution in [1.82, 2.24) is 9.88 Å². The lowest BCUT2D eigenvalue weighted by molar-refractivity contribution is 0.0632. The van der Waals surface area contributed by atoms with E-state index < -0.39 is 0 Å². The van der Waals surface area contributed by atoms with Crippen LogP contribution in [0.15, 0.2) is 34.0 Å². The minimum Gasteiger partial charge on any atom is -0.337 e. The van der Waals surface area contributed by atoms with Gasteiger partial charge in [0, 0.05) is 35.0 Å². The standard InChI is InChI=1S/C17H17ClN2O2S2/c1-23-17-19-14(10-24-17)16(22)20-8-2-3-12(9-20)15(21)11-4-6-13(18)7-5-11/h4-7,10,12H,2-3,8-9H2,1H3/t12-/m0/s1. The molecule has 2 heterocycles. The summed E-state index contributed by atoms with van der Waals surface area (Å²) in [5.41, 5.74) is 1.13. The minimum absolute atomic E-state index is 0.0762. The molecule has 0 spiro atoms. The predicted octanol–water partition coefficient (Wildman–Crippen LogP) is 4.25. The van der Waals surface area contributed by atoms with E-state index in [1.165, 1.54) is 23.1 Å². The number of rotatable bonds is 4. The van der Waals surface area contributed by atoms with Crippen LogP contribution in [-0.4, -0.2) is 40.9 Å². The van der Waals surface area contributed by atoms with Gasteiger partial charge in [-0.05, 0) is 43.4 Å². The molecule has 1 aromatic heterocycles. The van der Waals surface area contributed by atoms with Crippen LogP contribution in [0.4, 0.5) is 0 Å². The van der Waals surface area contributed by atoms with E-state index in [1.807, 2.05) is 6.26 Å². The van der Waals surface area contributed by atoms with E-state index in [-0.39, 0.29) is 17.6 Å². The second-order valence-corrected chi connectivity index (χ2v) is 8.01. The van der Waals surface area contributed by atoms with Crippen LogP contribution in [0.5, 0.6) is 0 Å². The number of ketones is 1. The predicted molar refractivity (Wildman–Crippen MR) is 98.3 cm³/mol. The average molecular weight is 381 g/mol. The largest absolute Gasteiger partial charge is 0.337 e. The van der Waals surface area contributed by atoms with Gasteiger partial charge in [-0.1, -0.05) is 23.4 Å². The summed E-state index contributed by atoms with van der Waals surface area (Å²) >= 11 is 8.88. The molecule has 1 fully saturated rings. The number of nitrogens with zero attached hydrogens (tertiary/aromatic N) is 2. The molecule has 0 aliphatic carbocycles. The Labute approximate surface area is 154 Å². The van der Waals surface area contributed by atoms with Crippen molar-refractivity contribution in [3.63, 3.8) is 0 Å². The zero-order valence-corrected chi connectivity index (χ0v) is 15.6. The van der Waals surface area contributed by atoms with Gasteiger partial charge in [-0.2, -0.15) is 0 Å². The number of hydrogen-bond donors (Lipinski definition) is 0. The van der Waals surface area contributed by atoms with Crippen LogP contribution in [0.3, 0.4) is 0 Å². The minimum atomic E-state index is -0.164. The zero-order chi connectivity index (χ0) is 17.1. The first kappa shape index (κ1) is 17.5. The lowest BCUT2D eigenvalue weighted by Gasteiger charge is -2.31. The third kappa shape index (κ3) is 3.82. The normalized spacial score (nSPS) is 17.8. The van der Waals surface area contributed by atoms with Gasteiger partial charge in [0.05, 0.1) is 0 Å². The molecule has 0 unspecified atom stereocenters. The van der Waals surface area contributed by atoms with Gasteiger partial charge in [-0.25, -0.2) is 4.98 Å². The van der Waals surface area contributed by atoms with Crippen LogP contribution >= 0.6 is 34.7 Å². The smallest absolute Gasteiger partial charge is 0.273 e. The summed E-state index contributed by atoms with van der Waals surface area (Å²) < 4.78 is 0.879. The molecule has 2 aromatic rings. The SMILES string of the molecule is CSc1nc(C(=O)N2CCC[C@H](C(=O)c3ccc(Cl)cc3)C2)cs1. The number of likely N-dealkylation sites (tertiary alicyclic amines) is 1. The summed E-state index contributed by atoms with van der Waals surface area (Å²) in [7, 11) is 0. The average Bonchev–Trinajstić information content (AvgIpc) is 3.10. The fourth-order valence-electron chi connectivity index (χ4n) is 2.84. The van der Waals surface area contributed by atoms with Gasteiger partial charge in [0.15, 0.2) is 5.78 Å². The number of piperidine rings is 1. The second kappa shape index (κ2) is 7.68. The van der Waals surface area contributed by atoms with Crippen molar-refractivity contribution in [2.75, 3.05) is 19.3 Å². The molecule has 1 aliphatic rings. The van der Waals surface area contributed by atoms with Gasteiger partial charge >= 0.3 is 0 Å². The quantitative estimate of drug-likeness (QED) is 0.587. The van der Waals surface area contributed by atoms with Crippen LogP contribution in [-0.2, 0) is 0 Å². The van der Waals surface area contributed by atoms with Gasteiger partial charge in [-0.15, -0.1) is 11.3 Å². The molecule has 3 rings (SSSR count). The Bertz CT molecular complexity index is 745. The number of carbonyl (C=O) groups excluding carboxylic acids is 2. The highest BCUT2D eigenvalue weighted by Gasteiger charge is 2.30. The lowest BCUT2D eigenvalue weighted by atomic mass is 9.90. The number of halogens is 1. The van der Waals surface area contributed by atoms with Crippen LogP contribution < -0.4 is 0 Å². The number of benzene rings is 1. The Morgan fingerprint density at radius 3 is 2.75 bits per heavy atom. The molecule has 0 saturated carbocycles. The van der Waals surface area contributed by atoms with E-state index in [9.17, 15) is 9.59 Å². The number of hydrogen-bond acceptors (Lipinski definition) is 5.